The lowest BCUT2D eigenvalue weighted by atomic mass is 10.0. The second-order valence-corrected chi connectivity index (χ2v) is 4.27. The van der Waals surface area contributed by atoms with E-state index in [4.69, 9.17) is 11.6 Å². The number of hydrogen-bond donors (Lipinski definition) is 4. The highest BCUT2D eigenvalue weighted by Crippen LogP contribution is 2.21. The zero-order valence-corrected chi connectivity index (χ0v) is 10.6. The molecule has 1 unspecified atom stereocenters. The van der Waals surface area contributed by atoms with Crippen LogP contribution < -0.4 is 22.3 Å². The van der Waals surface area contributed by atoms with Crippen molar-refractivity contribution in [3.8, 4) is 0 Å². The van der Waals surface area contributed by atoms with Gasteiger partial charge in [-0.15, -0.1) is 0 Å². The Morgan fingerprint density at radius 1 is 1.42 bits per heavy atom. The molecular weight excluding hydrogens is 252 g/mol. The standard InChI is InChI=1S/C10H16N6O3/c1-5(2)9(10(11)17)14-7-3-6(16(18)19)4-8(13-7)15-12/h3-5,9H,12H2,1-2H3,(H2,11,17)(H2,13,14,15). The Labute approximate surface area is 109 Å². The number of carbonyl (C=O) groups is 1. The Hall–Kier alpha value is -2.42. The average molecular weight is 268 g/mol. The Kier molecular flexibility index (Phi) is 4.59. The van der Waals surface area contributed by atoms with E-state index in [0.29, 0.717) is 0 Å². The molecule has 0 saturated carbocycles. The second kappa shape index (κ2) is 5.96. The summed E-state index contributed by atoms with van der Waals surface area (Å²) in [5, 5.41) is 13.5. The minimum Gasteiger partial charge on any atom is -0.368 e. The summed E-state index contributed by atoms with van der Waals surface area (Å²) >= 11 is 0. The zero-order chi connectivity index (χ0) is 14.6. The number of nitrogens with one attached hydrogen (secondary N) is 2. The van der Waals surface area contributed by atoms with Crippen molar-refractivity contribution in [3.63, 3.8) is 0 Å². The van der Waals surface area contributed by atoms with Crippen LogP contribution >= 0.6 is 0 Å². The van der Waals surface area contributed by atoms with Crippen molar-refractivity contribution in [1.82, 2.24) is 4.98 Å². The zero-order valence-electron chi connectivity index (χ0n) is 10.6. The quantitative estimate of drug-likeness (QED) is 0.327. The summed E-state index contributed by atoms with van der Waals surface area (Å²) in [6.45, 7) is 3.59. The van der Waals surface area contributed by atoms with Gasteiger partial charge in [0, 0.05) is 0 Å². The number of primary amides is 1. The van der Waals surface area contributed by atoms with Gasteiger partial charge in [0.2, 0.25) is 5.91 Å². The van der Waals surface area contributed by atoms with Gasteiger partial charge in [-0.3, -0.25) is 14.9 Å². The van der Waals surface area contributed by atoms with E-state index in [1.807, 2.05) is 0 Å². The second-order valence-electron chi connectivity index (χ2n) is 4.27. The lowest BCUT2D eigenvalue weighted by Crippen LogP contribution is -2.39. The molecule has 0 aromatic carbocycles. The number of nitrogens with two attached hydrogens (primary N) is 2. The van der Waals surface area contributed by atoms with E-state index in [2.05, 4.69) is 15.7 Å². The molecule has 104 valence electrons. The number of nitro groups is 1. The number of rotatable bonds is 6. The lowest BCUT2D eigenvalue weighted by molar-refractivity contribution is -0.384. The normalized spacial score (nSPS) is 12.0. The SMILES string of the molecule is CC(C)C(Nc1cc([N+](=O)[O-])cc(NN)n1)C(N)=O. The number of hydrogen-bond acceptors (Lipinski definition) is 7. The molecule has 0 radical (unpaired) electrons. The van der Waals surface area contributed by atoms with Crippen molar-refractivity contribution in [2.45, 2.75) is 19.9 Å². The fourth-order valence-corrected chi connectivity index (χ4v) is 1.50. The third kappa shape index (κ3) is 3.78. The number of amides is 1. The smallest absolute Gasteiger partial charge is 0.276 e. The van der Waals surface area contributed by atoms with Crippen molar-refractivity contribution >= 4 is 23.2 Å². The summed E-state index contributed by atoms with van der Waals surface area (Å²) in [7, 11) is 0. The Bertz CT molecular complexity index is 490. The molecule has 0 fully saturated rings. The van der Waals surface area contributed by atoms with Gasteiger partial charge in [0.1, 0.15) is 17.7 Å². The summed E-state index contributed by atoms with van der Waals surface area (Å²) in [6.07, 6.45) is 0. The van der Waals surface area contributed by atoms with Gasteiger partial charge in [-0.05, 0) is 5.92 Å². The maximum Gasteiger partial charge on any atom is 0.276 e. The number of aromatic nitrogens is 1. The van der Waals surface area contributed by atoms with E-state index in [1.54, 1.807) is 13.8 Å². The fourth-order valence-electron chi connectivity index (χ4n) is 1.50. The molecule has 1 aromatic rings. The Balaban J connectivity index is 3.08. The summed E-state index contributed by atoms with van der Waals surface area (Å²) in [5.74, 6) is 4.80. The molecule has 6 N–H and O–H groups in total. The first-order valence-corrected chi connectivity index (χ1v) is 5.54. The van der Waals surface area contributed by atoms with Crippen LogP contribution in [0.3, 0.4) is 0 Å². The van der Waals surface area contributed by atoms with Crippen LogP contribution in [-0.4, -0.2) is 21.9 Å². The molecule has 0 aliphatic rings. The summed E-state index contributed by atoms with van der Waals surface area (Å²) < 4.78 is 0. The molecule has 1 heterocycles. The highest BCUT2D eigenvalue weighted by molar-refractivity contribution is 5.83. The van der Waals surface area contributed by atoms with Crippen LogP contribution in [-0.2, 0) is 4.79 Å². The van der Waals surface area contributed by atoms with Crippen molar-refractivity contribution in [1.29, 1.82) is 0 Å². The largest absolute Gasteiger partial charge is 0.368 e. The fraction of sp³-hybridized carbons (Fsp3) is 0.400. The topological polar surface area (TPSA) is 149 Å². The van der Waals surface area contributed by atoms with Crippen LogP contribution in [0.1, 0.15) is 13.8 Å². The molecule has 1 atom stereocenters. The van der Waals surface area contributed by atoms with Crippen LogP contribution in [0.15, 0.2) is 12.1 Å². The molecular formula is C10H16N6O3. The van der Waals surface area contributed by atoms with Gasteiger partial charge in [0.25, 0.3) is 5.69 Å². The third-order valence-electron chi connectivity index (χ3n) is 2.45. The predicted molar refractivity (Wildman–Crippen MR) is 70.1 cm³/mol. The summed E-state index contributed by atoms with van der Waals surface area (Å²) in [6, 6.07) is 1.71. The first-order valence-electron chi connectivity index (χ1n) is 5.54. The third-order valence-corrected chi connectivity index (χ3v) is 2.45. The minimum absolute atomic E-state index is 0.0900. The van der Waals surface area contributed by atoms with Crippen LogP contribution in [0.5, 0.6) is 0 Å². The number of pyridine rings is 1. The molecule has 9 heteroatoms. The maximum absolute atomic E-state index is 11.3. The van der Waals surface area contributed by atoms with E-state index in [1.165, 1.54) is 12.1 Å². The summed E-state index contributed by atoms with van der Waals surface area (Å²) in [4.78, 5) is 25.4. The van der Waals surface area contributed by atoms with Gasteiger partial charge in [-0.1, -0.05) is 13.8 Å². The maximum atomic E-state index is 11.3. The van der Waals surface area contributed by atoms with Gasteiger partial charge >= 0.3 is 0 Å². The van der Waals surface area contributed by atoms with Gasteiger partial charge in [0.15, 0.2) is 0 Å². The molecule has 0 saturated heterocycles. The number of anilines is 2. The molecule has 1 amide bonds. The van der Waals surface area contributed by atoms with Crippen LogP contribution in [0.4, 0.5) is 17.3 Å². The van der Waals surface area contributed by atoms with Gasteiger partial charge in [0.05, 0.1) is 17.1 Å². The van der Waals surface area contributed by atoms with E-state index < -0.39 is 16.9 Å². The van der Waals surface area contributed by atoms with E-state index in [9.17, 15) is 14.9 Å². The van der Waals surface area contributed by atoms with Crippen molar-refractivity contribution in [2.24, 2.45) is 17.5 Å². The van der Waals surface area contributed by atoms with Gasteiger partial charge in [-0.25, -0.2) is 10.8 Å². The Morgan fingerprint density at radius 3 is 2.42 bits per heavy atom. The molecule has 0 spiro atoms. The Morgan fingerprint density at radius 2 is 2.00 bits per heavy atom. The number of nitrogens with zero attached hydrogens (tertiary/aromatic N) is 2. The number of nitrogen functional groups attached to an aromatic ring is 1. The highest BCUT2D eigenvalue weighted by atomic mass is 16.6. The molecule has 1 aromatic heterocycles. The van der Waals surface area contributed by atoms with Gasteiger partial charge in [-0.2, -0.15) is 0 Å². The van der Waals surface area contributed by atoms with E-state index in [0.717, 1.165) is 0 Å². The summed E-state index contributed by atoms with van der Waals surface area (Å²) in [5.41, 5.74) is 7.28. The minimum atomic E-state index is -0.680. The van der Waals surface area contributed by atoms with Crippen molar-refractivity contribution in [2.75, 3.05) is 10.7 Å². The molecule has 0 aliphatic carbocycles. The predicted octanol–water partition coefficient (Wildman–Crippen LogP) is 0.197. The van der Waals surface area contributed by atoms with E-state index >= 15 is 0 Å². The van der Waals surface area contributed by atoms with E-state index in [-0.39, 0.29) is 23.2 Å². The van der Waals surface area contributed by atoms with Crippen LogP contribution in [0, 0.1) is 16.0 Å². The number of carbonyl (C=O) groups excluding carboxylic acids is 1. The van der Waals surface area contributed by atoms with Crippen molar-refractivity contribution in [3.05, 3.63) is 22.2 Å². The van der Waals surface area contributed by atoms with Crippen molar-refractivity contribution < 1.29 is 9.72 Å². The average Bonchev–Trinajstić information content (AvgIpc) is 2.34. The lowest BCUT2D eigenvalue weighted by Gasteiger charge is -2.19. The van der Waals surface area contributed by atoms with Crippen LogP contribution in [0.25, 0.3) is 0 Å². The molecule has 1 rings (SSSR count). The first kappa shape index (κ1) is 14.6. The molecule has 0 bridgehead atoms. The molecule has 19 heavy (non-hydrogen) atoms. The van der Waals surface area contributed by atoms with Crippen LogP contribution in [0.2, 0.25) is 0 Å². The first-order chi connectivity index (χ1) is 8.85. The highest BCUT2D eigenvalue weighted by Gasteiger charge is 2.21. The number of hydrazine groups is 1. The molecule has 9 nitrogen and oxygen atoms in total. The monoisotopic (exact) mass is 268 g/mol. The molecule has 0 aliphatic heterocycles. The van der Waals surface area contributed by atoms with Gasteiger partial charge < -0.3 is 16.5 Å².